The van der Waals surface area contributed by atoms with Crippen molar-refractivity contribution in [3.63, 3.8) is 0 Å². The maximum atomic E-state index is 13.1. The third kappa shape index (κ3) is 6.44. The number of barbiturate groups is 1. The maximum absolute atomic E-state index is 13.1. The van der Waals surface area contributed by atoms with Gasteiger partial charge in [0.25, 0.3) is 11.8 Å². The van der Waals surface area contributed by atoms with Gasteiger partial charge in [-0.3, -0.25) is 14.9 Å². The van der Waals surface area contributed by atoms with Crippen LogP contribution in [0.25, 0.3) is 6.08 Å². The second-order valence-electron chi connectivity index (χ2n) is 10.2. The first kappa shape index (κ1) is 28.8. The SMILES string of the molecule is CC(C)(c1ccccc1)c1ccc(OCCOc2ccc(C=C3C(=O)NC(=O)N(c4ccc(Br)cc4)C3=O)cc2)cc1. The van der Waals surface area contributed by atoms with Crippen molar-refractivity contribution in [1.82, 2.24) is 5.32 Å². The Balaban J connectivity index is 1.15. The standard InChI is InChI=1S/C34H29BrN2O5/c1-34(2,24-6-4-3-5-7-24)25-10-18-29(19-11-25)42-21-20-41-28-16-8-23(9-17-28)22-30-31(38)36-33(40)37(32(30)39)27-14-12-26(35)13-15-27/h3-19,22H,20-21H2,1-2H3,(H,36,38,40). The summed E-state index contributed by atoms with van der Waals surface area (Å²) in [6.07, 6.45) is 1.45. The molecule has 1 aliphatic rings. The normalized spacial score (nSPS) is 14.6. The van der Waals surface area contributed by atoms with Crippen LogP contribution in [0.2, 0.25) is 0 Å². The van der Waals surface area contributed by atoms with Gasteiger partial charge in [0, 0.05) is 9.89 Å². The van der Waals surface area contributed by atoms with Crippen molar-refractivity contribution >= 4 is 45.5 Å². The van der Waals surface area contributed by atoms with Crippen LogP contribution in [0.15, 0.2) is 113 Å². The summed E-state index contributed by atoms with van der Waals surface area (Å²) in [5.74, 6) is -0.0567. The fourth-order valence-electron chi connectivity index (χ4n) is 4.62. The molecule has 212 valence electrons. The lowest BCUT2D eigenvalue weighted by molar-refractivity contribution is -0.122. The lowest BCUT2D eigenvalue weighted by Gasteiger charge is -2.26. The Labute approximate surface area is 252 Å². The van der Waals surface area contributed by atoms with Crippen LogP contribution in [0.4, 0.5) is 10.5 Å². The third-order valence-corrected chi connectivity index (χ3v) is 7.60. The molecular weight excluding hydrogens is 596 g/mol. The summed E-state index contributed by atoms with van der Waals surface area (Å²) in [4.78, 5) is 38.8. The summed E-state index contributed by atoms with van der Waals surface area (Å²) >= 11 is 3.33. The molecule has 4 aromatic rings. The van der Waals surface area contributed by atoms with Crippen molar-refractivity contribution < 1.29 is 23.9 Å². The van der Waals surface area contributed by atoms with Gasteiger partial charge in [-0.2, -0.15) is 0 Å². The van der Waals surface area contributed by atoms with Crippen LogP contribution >= 0.6 is 15.9 Å². The van der Waals surface area contributed by atoms with Crippen LogP contribution < -0.4 is 19.7 Å². The molecule has 1 aliphatic heterocycles. The van der Waals surface area contributed by atoms with Gasteiger partial charge in [-0.25, -0.2) is 9.69 Å². The van der Waals surface area contributed by atoms with E-state index in [9.17, 15) is 14.4 Å². The number of amides is 4. The number of hydrogen-bond donors (Lipinski definition) is 1. The molecule has 7 nitrogen and oxygen atoms in total. The van der Waals surface area contributed by atoms with Crippen LogP contribution in [0.3, 0.4) is 0 Å². The van der Waals surface area contributed by atoms with E-state index in [1.165, 1.54) is 17.2 Å². The Morgan fingerprint density at radius 3 is 1.88 bits per heavy atom. The molecule has 0 saturated carbocycles. The minimum atomic E-state index is -0.789. The Bertz CT molecular complexity index is 1610. The first-order chi connectivity index (χ1) is 20.2. The van der Waals surface area contributed by atoms with E-state index in [0.29, 0.717) is 30.2 Å². The highest BCUT2D eigenvalue weighted by Gasteiger charge is 2.36. The van der Waals surface area contributed by atoms with E-state index in [-0.39, 0.29) is 11.0 Å². The van der Waals surface area contributed by atoms with E-state index < -0.39 is 17.8 Å². The second-order valence-corrected chi connectivity index (χ2v) is 11.1. The highest BCUT2D eigenvalue weighted by atomic mass is 79.9. The zero-order chi connectivity index (χ0) is 29.7. The van der Waals surface area contributed by atoms with E-state index in [2.05, 4.69) is 71.5 Å². The van der Waals surface area contributed by atoms with Gasteiger partial charge in [-0.05, 0) is 71.3 Å². The molecule has 0 bridgehead atoms. The number of anilines is 1. The average molecular weight is 626 g/mol. The van der Waals surface area contributed by atoms with Gasteiger partial charge in [-0.1, -0.05) is 84.4 Å². The zero-order valence-corrected chi connectivity index (χ0v) is 24.8. The summed E-state index contributed by atoms with van der Waals surface area (Å²) in [5.41, 5.74) is 3.17. The number of hydrogen-bond acceptors (Lipinski definition) is 5. The molecule has 1 saturated heterocycles. The molecule has 1 N–H and O–H groups in total. The molecule has 42 heavy (non-hydrogen) atoms. The summed E-state index contributed by atoms with van der Waals surface area (Å²) < 4.78 is 12.5. The highest BCUT2D eigenvalue weighted by Crippen LogP contribution is 2.32. The second kappa shape index (κ2) is 12.4. The van der Waals surface area contributed by atoms with E-state index in [1.54, 1.807) is 48.5 Å². The van der Waals surface area contributed by atoms with Gasteiger partial charge in [0.1, 0.15) is 30.3 Å². The fraction of sp³-hybridized carbons (Fsp3) is 0.147. The minimum absolute atomic E-state index is 0.116. The molecule has 4 amide bonds. The molecule has 1 fully saturated rings. The summed E-state index contributed by atoms with van der Waals surface area (Å²) in [7, 11) is 0. The van der Waals surface area contributed by atoms with Gasteiger partial charge in [0.15, 0.2) is 0 Å². The monoisotopic (exact) mass is 624 g/mol. The molecule has 1 heterocycles. The van der Waals surface area contributed by atoms with Crippen LogP contribution in [0.1, 0.15) is 30.5 Å². The van der Waals surface area contributed by atoms with Crippen LogP contribution in [0, 0.1) is 0 Å². The number of benzene rings is 4. The number of nitrogens with one attached hydrogen (secondary N) is 1. The molecular formula is C34H29BrN2O5. The third-order valence-electron chi connectivity index (χ3n) is 7.07. The van der Waals surface area contributed by atoms with Crippen LogP contribution in [0.5, 0.6) is 11.5 Å². The minimum Gasteiger partial charge on any atom is -0.490 e. The quantitative estimate of drug-likeness (QED) is 0.124. The number of carbonyl (C=O) groups is 3. The fourth-order valence-corrected chi connectivity index (χ4v) is 4.88. The first-order valence-corrected chi connectivity index (χ1v) is 14.2. The van der Waals surface area contributed by atoms with Crippen LogP contribution in [-0.2, 0) is 15.0 Å². The lowest BCUT2D eigenvalue weighted by atomic mass is 9.78. The topological polar surface area (TPSA) is 84.9 Å². The van der Waals surface area contributed by atoms with E-state index in [4.69, 9.17) is 9.47 Å². The Hall–Kier alpha value is -4.69. The van der Waals surface area contributed by atoms with Crippen molar-refractivity contribution in [2.75, 3.05) is 18.1 Å². The number of nitrogens with zero attached hydrogens (tertiary/aromatic N) is 1. The summed E-state index contributed by atoms with van der Waals surface area (Å²) in [6, 6.07) is 31.3. The number of urea groups is 1. The van der Waals surface area contributed by atoms with Crippen molar-refractivity contribution in [2.45, 2.75) is 19.3 Å². The zero-order valence-electron chi connectivity index (χ0n) is 23.2. The van der Waals surface area contributed by atoms with Gasteiger partial charge in [-0.15, -0.1) is 0 Å². The van der Waals surface area contributed by atoms with Gasteiger partial charge in [0.05, 0.1) is 5.69 Å². The molecule has 0 radical (unpaired) electrons. The smallest absolute Gasteiger partial charge is 0.335 e. The highest BCUT2D eigenvalue weighted by molar-refractivity contribution is 9.10. The van der Waals surface area contributed by atoms with Crippen molar-refractivity contribution in [3.8, 4) is 11.5 Å². The largest absolute Gasteiger partial charge is 0.490 e. The molecule has 0 unspecified atom stereocenters. The van der Waals surface area contributed by atoms with Gasteiger partial charge >= 0.3 is 6.03 Å². The van der Waals surface area contributed by atoms with Crippen molar-refractivity contribution in [2.24, 2.45) is 0 Å². The van der Waals surface area contributed by atoms with Gasteiger partial charge in [0.2, 0.25) is 0 Å². The van der Waals surface area contributed by atoms with E-state index in [1.807, 2.05) is 18.2 Å². The first-order valence-electron chi connectivity index (χ1n) is 13.4. The molecule has 0 aliphatic carbocycles. The average Bonchev–Trinajstić information content (AvgIpc) is 3.00. The number of halogens is 1. The Morgan fingerprint density at radius 1 is 0.738 bits per heavy atom. The predicted octanol–water partition coefficient (Wildman–Crippen LogP) is 6.90. The van der Waals surface area contributed by atoms with E-state index in [0.717, 1.165) is 15.1 Å². The van der Waals surface area contributed by atoms with E-state index >= 15 is 0 Å². The summed E-state index contributed by atoms with van der Waals surface area (Å²) in [5, 5.41) is 2.23. The molecule has 0 atom stereocenters. The maximum Gasteiger partial charge on any atom is 0.335 e. The molecule has 8 heteroatoms. The molecule has 5 rings (SSSR count). The molecule has 4 aromatic carbocycles. The Kier molecular flexibility index (Phi) is 8.54. The van der Waals surface area contributed by atoms with Gasteiger partial charge < -0.3 is 9.47 Å². The van der Waals surface area contributed by atoms with Crippen LogP contribution in [-0.4, -0.2) is 31.1 Å². The number of carbonyl (C=O) groups excluding carboxylic acids is 3. The van der Waals surface area contributed by atoms with Crippen molar-refractivity contribution in [1.29, 1.82) is 0 Å². The molecule has 0 aromatic heterocycles. The van der Waals surface area contributed by atoms with Crippen molar-refractivity contribution in [3.05, 3.63) is 130 Å². The number of imide groups is 2. The molecule has 0 spiro atoms. The lowest BCUT2D eigenvalue weighted by Crippen LogP contribution is -2.54. The Morgan fingerprint density at radius 2 is 1.29 bits per heavy atom. The summed E-state index contributed by atoms with van der Waals surface area (Å²) in [6.45, 7) is 5.11. The number of ether oxygens (including phenoxy) is 2. The number of rotatable bonds is 9. The predicted molar refractivity (Wildman–Crippen MR) is 166 cm³/mol.